The Bertz CT molecular complexity index is 2230. The van der Waals surface area contributed by atoms with Gasteiger partial charge in [0, 0.05) is 28.4 Å². The van der Waals surface area contributed by atoms with Crippen molar-refractivity contribution in [3.63, 3.8) is 0 Å². The van der Waals surface area contributed by atoms with Gasteiger partial charge in [-0.1, -0.05) is 60.4 Å². The van der Waals surface area contributed by atoms with Crippen LogP contribution >= 0.6 is 0 Å². The number of carbonyl (C=O) groups excluding carboxylic acids is 1. The van der Waals surface area contributed by atoms with Gasteiger partial charge in [0.2, 0.25) is 0 Å². The van der Waals surface area contributed by atoms with Gasteiger partial charge in [-0.15, -0.1) is 19.3 Å². The summed E-state index contributed by atoms with van der Waals surface area (Å²) in [5.74, 6) is 16.8. The summed E-state index contributed by atoms with van der Waals surface area (Å²) in [5.41, 5.74) is 3.35. The van der Waals surface area contributed by atoms with E-state index in [1.807, 2.05) is 6.08 Å². The number of hydrogen-bond donors (Lipinski definition) is 5. The van der Waals surface area contributed by atoms with Crippen LogP contribution in [0.2, 0.25) is 0 Å². The van der Waals surface area contributed by atoms with Gasteiger partial charge in [-0.2, -0.15) is 0 Å². The van der Waals surface area contributed by atoms with Gasteiger partial charge in [-0.3, -0.25) is 4.79 Å². The van der Waals surface area contributed by atoms with Crippen LogP contribution in [0.4, 0.5) is 0 Å². The monoisotopic (exact) mass is 951 g/mol. The Morgan fingerprint density at radius 1 is 0.500 bits per heavy atom. The van der Waals surface area contributed by atoms with Crippen molar-refractivity contribution in [3.05, 3.63) is 34.9 Å². The predicted octanol–water partition coefficient (Wildman–Crippen LogP) is 12.4. The maximum atomic E-state index is 11.8. The molecule has 0 aromatic heterocycles. The molecule has 18 atom stereocenters. The second-order valence-corrected chi connectivity index (χ2v) is 25.4. The normalized spacial score (nSPS) is 48.8. The predicted molar refractivity (Wildman–Crippen MR) is 278 cm³/mol. The number of fused-ring (bicyclic) bond motifs is 15. The summed E-state index contributed by atoms with van der Waals surface area (Å²) in [6.07, 6.45) is 52.0. The molecule has 7 heteroatoms. The molecule has 0 heterocycles. The number of allylic oxidation sites excluding steroid dienone is 5. The molecule has 0 saturated heterocycles. The van der Waals surface area contributed by atoms with E-state index < -0.39 is 16.8 Å². The van der Waals surface area contributed by atoms with Crippen molar-refractivity contribution in [1.82, 2.24) is 0 Å². The number of ketones is 1. The summed E-state index contributed by atoms with van der Waals surface area (Å²) in [5, 5.41) is 53.9. The Morgan fingerprint density at radius 3 is 1.26 bits per heavy atom. The van der Waals surface area contributed by atoms with E-state index in [0.29, 0.717) is 59.0 Å². The molecule has 0 aromatic carbocycles. The van der Waals surface area contributed by atoms with E-state index in [1.54, 1.807) is 5.57 Å². The molecule has 0 amide bonds. The highest BCUT2D eigenvalue weighted by Crippen LogP contribution is 2.69. The molecular formula is C63H86N2O5. The Balaban J connectivity index is 0.000000122. The third-order valence-electron chi connectivity index (χ3n) is 24.2. The lowest BCUT2D eigenvalue weighted by Crippen LogP contribution is -2.53. The molecule has 12 rings (SSSR count). The topological polar surface area (TPSA) is 134 Å². The maximum absolute atomic E-state index is 11.8. The molecule has 0 spiro atoms. The minimum absolute atomic E-state index is 0.0362. The third kappa shape index (κ3) is 7.42. The third-order valence-corrected chi connectivity index (χ3v) is 24.2. The quantitative estimate of drug-likeness (QED) is 0.109. The first-order valence-electron chi connectivity index (χ1n) is 28.7. The molecule has 9 saturated carbocycles. The molecule has 9 fully saturated rings. The van der Waals surface area contributed by atoms with Crippen molar-refractivity contribution >= 4 is 17.2 Å². The zero-order valence-electron chi connectivity index (χ0n) is 43.1. The Labute approximate surface area is 421 Å². The van der Waals surface area contributed by atoms with Crippen molar-refractivity contribution in [2.75, 3.05) is 0 Å². The van der Waals surface area contributed by atoms with Gasteiger partial charge in [0.1, 0.15) is 16.8 Å². The van der Waals surface area contributed by atoms with E-state index in [-0.39, 0.29) is 16.2 Å². The highest BCUT2D eigenvalue weighted by atomic mass is 16.4. The summed E-state index contributed by atoms with van der Waals surface area (Å²) in [4.78, 5) is 11.8. The zero-order chi connectivity index (χ0) is 49.4. The Morgan fingerprint density at radius 2 is 0.871 bits per heavy atom. The Hall–Kier alpha value is -3.41. The van der Waals surface area contributed by atoms with Crippen LogP contribution in [0, 0.1) is 130 Å². The van der Waals surface area contributed by atoms with E-state index in [0.717, 1.165) is 151 Å². The molecule has 0 aliphatic heterocycles. The molecule has 0 radical (unpaired) electrons. The smallest absolute Gasteiger partial charge is 0.155 e. The van der Waals surface area contributed by atoms with Crippen molar-refractivity contribution < 1.29 is 25.3 Å². The van der Waals surface area contributed by atoms with Crippen LogP contribution in [-0.2, 0) is 4.79 Å². The van der Waals surface area contributed by atoms with Gasteiger partial charge in [-0.25, -0.2) is 0 Å². The highest BCUT2D eigenvalue weighted by molar-refractivity contribution is 5.96. The van der Waals surface area contributed by atoms with Crippen LogP contribution < -0.4 is 0 Å². The number of nitrogens with zero attached hydrogens (tertiary/aromatic N) is 1. The van der Waals surface area contributed by atoms with Crippen molar-refractivity contribution in [1.29, 1.82) is 5.41 Å². The maximum Gasteiger partial charge on any atom is 0.155 e. The minimum Gasteiger partial charge on any atom is -0.411 e. The van der Waals surface area contributed by atoms with Gasteiger partial charge in [0.15, 0.2) is 5.78 Å². The SMILES string of the molecule is C#C[C@]1(O)CC[C@H]2[C@@H]3CCC4=C/C(=N\O)CC[C@@H]4[C@H]3CC[C@@]21CC.C#C[C@]1(O)CC[C@H]2[C@@H]3CCC4=CC(=N)CC[C@@H]4[C@H]3CC[C@@]21CC.C#C[C@]1(O)CC[C@H]2[C@@H]3CCC4=CC(=O)CC[C@@H]4[C@H]3CC[C@@]21CC. The summed E-state index contributed by atoms with van der Waals surface area (Å²) in [7, 11) is 0. The van der Waals surface area contributed by atoms with E-state index >= 15 is 0 Å². The zero-order valence-corrected chi connectivity index (χ0v) is 43.1. The average molecular weight is 951 g/mol. The molecule has 12 aliphatic carbocycles. The van der Waals surface area contributed by atoms with Crippen LogP contribution in [0.5, 0.6) is 0 Å². The first kappa shape index (κ1) is 50.1. The fourth-order valence-electron chi connectivity index (χ4n) is 21.0. The van der Waals surface area contributed by atoms with Crippen molar-refractivity contribution in [2.24, 2.45) is 92.4 Å². The molecule has 0 unspecified atom stereocenters. The van der Waals surface area contributed by atoms with Crippen LogP contribution in [0.3, 0.4) is 0 Å². The van der Waals surface area contributed by atoms with Gasteiger partial charge >= 0.3 is 0 Å². The van der Waals surface area contributed by atoms with E-state index in [4.69, 9.17) is 29.9 Å². The number of rotatable bonds is 3. The summed E-state index contributed by atoms with van der Waals surface area (Å²) >= 11 is 0. The molecular weight excluding hydrogens is 865 g/mol. The number of hydrogen-bond acceptors (Lipinski definition) is 7. The number of carbonyl (C=O) groups is 1. The van der Waals surface area contributed by atoms with E-state index in [9.17, 15) is 20.1 Å². The number of oxime groups is 1. The first-order valence-corrected chi connectivity index (χ1v) is 28.7. The molecule has 0 bridgehead atoms. The van der Waals surface area contributed by atoms with Gasteiger partial charge < -0.3 is 25.9 Å². The molecule has 5 N–H and O–H groups in total. The summed E-state index contributed by atoms with van der Waals surface area (Å²) in [6, 6.07) is 0. The highest BCUT2D eigenvalue weighted by Gasteiger charge is 2.66. The van der Waals surface area contributed by atoms with Gasteiger partial charge in [0.25, 0.3) is 0 Å². The standard InChI is InChI=1S/C21H29NO2.C21H29NO.C21H28O2/c1-3-20-11-9-17-16-8-6-15(22-24)13-14(16)5-7-18(17)19(20)10-12-21(20,23)4-2;2*1-3-20-11-9-17-16-8-6-15(22)13-14(16)5-7-18(17)19(20)10-12-21(20,23)4-2/h2,13,16-19,23-24H,3,5-12H2,1H3;2,13,16-19,22-23H,3,5-12H2,1H3;2,13,16-19,23H,3,5-12H2,1H3/b22-15-;;/t3*16-,17+,18+,19-,20-,21-/m000/s1. The fourth-order valence-corrected chi connectivity index (χ4v) is 21.0. The van der Waals surface area contributed by atoms with Crippen LogP contribution in [0.1, 0.15) is 194 Å². The van der Waals surface area contributed by atoms with Crippen LogP contribution in [0.25, 0.3) is 0 Å². The second-order valence-electron chi connectivity index (χ2n) is 25.4. The van der Waals surface area contributed by atoms with Crippen molar-refractivity contribution in [2.45, 2.75) is 211 Å². The fraction of sp³-hybridized carbons (Fsp3) is 0.762. The average Bonchev–Trinajstić information content (AvgIpc) is 4.00. The largest absolute Gasteiger partial charge is 0.411 e. The van der Waals surface area contributed by atoms with E-state index in [1.165, 1.54) is 62.5 Å². The van der Waals surface area contributed by atoms with Gasteiger partial charge in [0.05, 0.1) is 5.71 Å². The lowest BCUT2D eigenvalue weighted by molar-refractivity contribution is -0.117. The second kappa shape index (κ2) is 18.8. The molecule has 378 valence electrons. The molecule has 7 nitrogen and oxygen atoms in total. The first-order chi connectivity index (χ1) is 33.7. The van der Waals surface area contributed by atoms with Gasteiger partial charge in [-0.05, 0) is 256 Å². The Kier molecular flexibility index (Phi) is 13.5. The number of aliphatic hydroxyl groups is 3. The molecule has 0 aromatic rings. The summed E-state index contributed by atoms with van der Waals surface area (Å²) in [6.45, 7) is 6.67. The number of terminal acetylenes is 3. The van der Waals surface area contributed by atoms with Crippen LogP contribution in [-0.4, -0.2) is 54.5 Å². The minimum atomic E-state index is -0.893. The lowest BCUT2D eigenvalue weighted by Gasteiger charge is -2.56. The summed E-state index contributed by atoms with van der Waals surface area (Å²) < 4.78 is 0. The van der Waals surface area contributed by atoms with E-state index in [2.05, 4.69) is 55.8 Å². The lowest BCUT2D eigenvalue weighted by atomic mass is 9.49. The molecule has 12 aliphatic rings. The number of nitrogens with one attached hydrogen (secondary N) is 1. The molecule has 70 heavy (non-hydrogen) atoms. The van der Waals surface area contributed by atoms with Crippen LogP contribution in [0.15, 0.2) is 40.1 Å². The van der Waals surface area contributed by atoms with Crippen molar-refractivity contribution in [3.8, 4) is 37.0 Å².